The average molecular weight is 374 g/mol. The van der Waals surface area contributed by atoms with Gasteiger partial charge in [0, 0.05) is 5.56 Å². The summed E-state index contributed by atoms with van der Waals surface area (Å²) in [6.07, 6.45) is 0.847. The zero-order valence-corrected chi connectivity index (χ0v) is 15.2. The maximum atomic E-state index is 12.2. The smallest absolute Gasteiger partial charge is 0.271 e. The van der Waals surface area contributed by atoms with Crippen LogP contribution in [-0.4, -0.2) is 42.2 Å². The standard InChI is InChI=1S/C17H18N4O4S/c1-3-6-25-12-5-4-10(7-13(12)24-2)15-11(8-18)16(23)21-17(20-15)26-9-14(19)22/h4-5,7,11H,3,6,9H2,1-2H3,(H2,19,22). The van der Waals surface area contributed by atoms with Crippen molar-refractivity contribution in [3.8, 4) is 17.6 Å². The van der Waals surface area contributed by atoms with Crippen LogP contribution >= 0.6 is 11.8 Å². The Morgan fingerprint density at radius 2 is 2.15 bits per heavy atom. The minimum absolute atomic E-state index is 0.0623. The molecule has 2 N–H and O–H groups in total. The molecule has 0 fully saturated rings. The average Bonchev–Trinajstić information content (AvgIpc) is 2.64. The number of nitrogens with zero attached hydrogens (tertiary/aromatic N) is 3. The van der Waals surface area contributed by atoms with Gasteiger partial charge < -0.3 is 15.2 Å². The molecule has 136 valence electrons. The lowest BCUT2D eigenvalue weighted by molar-refractivity contribution is -0.118. The number of hydrogen-bond donors (Lipinski definition) is 1. The molecule has 1 heterocycles. The largest absolute Gasteiger partial charge is 0.493 e. The van der Waals surface area contributed by atoms with Crippen LogP contribution in [0, 0.1) is 17.2 Å². The van der Waals surface area contributed by atoms with Crippen molar-refractivity contribution in [1.29, 1.82) is 5.26 Å². The molecule has 2 rings (SSSR count). The van der Waals surface area contributed by atoms with Gasteiger partial charge in [-0.3, -0.25) is 9.59 Å². The molecule has 0 bridgehead atoms. The monoisotopic (exact) mass is 374 g/mol. The highest BCUT2D eigenvalue weighted by molar-refractivity contribution is 8.14. The third kappa shape index (κ3) is 4.61. The normalized spacial score (nSPS) is 16.3. The third-order valence-corrected chi connectivity index (χ3v) is 4.21. The van der Waals surface area contributed by atoms with Crippen LogP contribution in [0.3, 0.4) is 0 Å². The lowest BCUT2D eigenvalue weighted by Gasteiger charge is -2.17. The second-order valence-corrected chi connectivity index (χ2v) is 6.20. The van der Waals surface area contributed by atoms with Crippen molar-refractivity contribution < 1.29 is 19.1 Å². The second kappa shape index (κ2) is 9.01. The molecule has 0 saturated carbocycles. The molecule has 1 aliphatic rings. The highest BCUT2D eigenvalue weighted by Crippen LogP contribution is 2.30. The summed E-state index contributed by atoms with van der Waals surface area (Å²) in [5.41, 5.74) is 5.90. The molecule has 0 saturated heterocycles. The summed E-state index contributed by atoms with van der Waals surface area (Å²) in [5, 5.41) is 9.43. The van der Waals surface area contributed by atoms with Crippen molar-refractivity contribution in [3.05, 3.63) is 23.8 Å². The third-order valence-electron chi connectivity index (χ3n) is 3.34. The van der Waals surface area contributed by atoms with E-state index in [-0.39, 0.29) is 16.6 Å². The van der Waals surface area contributed by atoms with E-state index in [9.17, 15) is 14.9 Å². The summed E-state index contributed by atoms with van der Waals surface area (Å²) in [4.78, 5) is 31.1. The fraction of sp³-hybridized carbons (Fsp3) is 0.353. The number of aliphatic imine (C=N–C) groups is 2. The van der Waals surface area contributed by atoms with Gasteiger partial charge in [0.25, 0.3) is 5.91 Å². The van der Waals surface area contributed by atoms with Gasteiger partial charge in [-0.2, -0.15) is 10.3 Å². The number of carbonyl (C=O) groups is 2. The zero-order valence-electron chi connectivity index (χ0n) is 14.4. The first-order valence-electron chi connectivity index (χ1n) is 7.83. The summed E-state index contributed by atoms with van der Waals surface area (Å²) in [6, 6.07) is 6.97. The van der Waals surface area contributed by atoms with Crippen LogP contribution in [0.4, 0.5) is 0 Å². The number of carbonyl (C=O) groups excluding carboxylic acids is 2. The summed E-state index contributed by atoms with van der Waals surface area (Å²) in [5.74, 6) is -1.34. The summed E-state index contributed by atoms with van der Waals surface area (Å²) in [7, 11) is 1.50. The molecule has 26 heavy (non-hydrogen) atoms. The molecular formula is C17H18N4O4S. The van der Waals surface area contributed by atoms with Crippen molar-refractivity contribution in [3.63, 3.8) is 0 Å². The number of amides is 2. The maximum Gasteiger partial charge on any atom is 0.271 e. The predicted molar refractivity (Wildman–Crippen MR) is 98.5 cm³/mol. The van der Waals surface area contributed by atoms with Crippen LogP contribution in [-0.2, 0) is 9.59 Å². The summed E-state index contributed by atoms with van der Waals surface area (Å²) in [6.45, 7) is 2.53. The van der Waals surface area contributed by atoms with Crippen LogP contribution < -0.4 is 15.2 Å². The Morgan fingerprint density at radius 1 is 1.38 bits per heavy atom. The first kappa shape index (κ1) is 19.5. The van der Waals surface area contributed by atoms with E-state index in [1.807, 2.05) is 13.0 Å². The van der Waals surface area contributed by atoms with E-state index in [1.165, 1.54) is 7.11 Å². The molecule has 0 spiro atoms. The van der Waals surface area contributed by atoms with Gasteiger partial charge in [0.2, 0.25) is 5.91 Å². The summed E-state index contributed by atoms with van der Waals surface area (Å²) < 4.78 is 10.9. The molecule has 1 atom stereocenters. The van der Waals surface area contributed by atoms with Crippen molar-refractivity contribution in [2.75, 3.05) is 19.5 Å². The van der Waals surface area contributed by atoms with Crippen LogP contribution in [0.5, 0.6) is 11.5 Å². The quantitative estimate of drug-likeness (QED) is 0.771. The Bertz CT molecular complexity index is 813. The molecule has 0 radical (unpaired) electrons. The number of benzene rings is 1. The van der Waals surface area contributed by atoms with Crippen molar-refractivity contribution in [2.24, 2.45) is 21.6 Å². The molecule has 1 aromatic rings. The van der Waals surface area contributed by atoms with Gasteiger partial charge in [0.15, 0.2) is 22.6 Å². The Hall–Kier alpha value is -2.86. The summed E-state index contributed by atoms with van der Waals surface area (Å²) >= 11 is 0.946. The van der Waals surface area contributed by atoms with Crippen molar-refractivity contribution in [2.45, 2.75) is 13.3 Å². The van der Waals surface area contributed by atoms with Gasteiger partial charge in [-0.1, -0.05) is 18.7 Å². The molecule has 8 nitrogen and oxygen atoms in total. The Labute approximate surface area is 155 Å². The van der Waals surface area contributed by atoms with Crippen molar-refractivity contribution in [1.82, 2.24) is 0 Å². The van der Waals surface area contributed by atoms with Gasteiger partial charge >= 0.3 is 0 Å². The number of nitriles is 1. The van der Waals surface area contributed by atoms with Crippen LogP contribution in [0.15, 0.2) is 28.2 Å². The number of nitrogens with two attached hydrogens (primary N) is 1. The second-order valence-electron chi connectivity index (χ2n) is 5.26. The highest BCUT2D eigenvalue weighted by atomic mass is 32.2. The fourth-order valence-electron chi connectivity index (χ4n) is 2.17. The minimum atomic E-state index is -1.12. The molecule has 1 aliphatic heterocycles. The van der Waals surface area contributed by atoms with Gasteiger partial charge in [-0.25, -0.2) is 4.99 Å². The number of ether oxygens (including phenoxy) is 2. The Balaban J connectivity index is 2.39. The van der Waals surface area contributed by atoms with Gasteiger partial charge in [-0.05, 0) is 24.6 Å². The van der Waals surface area contributed by atoms with E-state index in [2.05, 4.69) is 9.98 Å². The molecule has 0 aliphatic carbocycles. The van der Waals surface area contributed by atoms with E-state index in [0.717, 1.165) is 18.2 Å². The molecule has 1 unspecified atom stereocenters. The molecule has 2 amide bonds. The number of amidine groups is 1. The van der Waals surface area contributed by atoms with Crippen molar-refractivity contribution >= 4 is 34.5 Å². The zero-order chi connectivity index (χ0) is 19.1. The molecule has 0 aromatic heterocycles. The van der Waals surface area contributed by atoms with E-state index in [4.69, 9.17) is 15.2 Å². The van der Waals surface area contributed by atoms with Gasteiger partial charge in [-0.15, -0.1) is 0 Å². The molecule has 9 heteroatoms. The number of rotatable bonds is 7. The predicted octanol–water partition coefficient (Wildman–Crippen LogP) is 1.53. The number of hydrogen-bond acceptors (Lipinski definition) is 7. The van der Waals surface area contributed by atoms with Crippen LogP contribution in [0.1, 0.15) is 18.9 Å². The topological polar surface area (TPSA) is 127 Å². The lowest BCUT2D eigenvalue weighted by atomic mass is 9.96. The van der Waals surface area contributed by atoms with Gasteiger partial charge in [0.05, 0.1) is 31.3 Å². The first-order chi connectivity index (χ1) is 12.5. The number of methoxy groups -OCH3 is 1. The fourth-order valence-corrected chi connectivity index (χ4v) is 2.76. The molecular weight excluding hydrogens is 356 g/mol. The SMILES string of the molecule is CCCOc1ccc(C2=NC(SCC(N)=O)=NC(=O)C2C#N)cc1OC. The molecule has 1 aromatic carbocycles. The van der Waals surface area contributed by atoms with E-state index >= 15 is 0 Å². The van der Waals surface area contributed by atoms with Crippen LogP contribution in [0.2, 0.25) is 0 Å². The van der Waals surface area contributed by atoms with E-state index < -0.39 is 17.7 Å². The number of thioether (sulfide) groups is 1. The Kier molecular flexibility index (Phi) is 6.74. The highest BCUT2D eigenvalue weighted by Gasteiger charge is 2.30. The maximum absolute atomic E-state index is 12.2. The van der Waals surface area contributed by atoms with Crippen LogP contribution in [0.25, 0.3) is 0 Å². The number of primary amides is 1. The minimum Gasteiger partial charge on any atom is -0.493 e. The van der Waals surface area contributed by atoms with E-state index in [1.54, 1.807) is 18.2 Å². The Morgan fingerprint density at radius 3 is 2.77 bits per heavy atom. The van der Waals surface area contributed by atoms with Gasteiger partial charge in [0.1, 0.15) is 0 Å². The van der Waals surface area contributed by atoms with E-state index in [0.29, 0.717) is 23.7 Å². The first-order valence-corrected chi connectivity index (χ1v) is 8.81. The lowest BCUT2D eigenvalue weighted by Crippen LogP contribution is -2.28.